The van der Waals surface area contributed by atoms with Crippen LogP contribution in [0.2, 0.25) is 0 Å². The average molecular weight is 303 g/mol. The number of hydrogen-bond donors (Lipinski definition) is 1. The fraction of sp³-hybridized carbons (Fsp3) is 0.529. The van der Waals surface area contributed by atoms with Crippen LogP contribution in [0, 0.1) is 6.92 Å². The second kappa shape index (κ2) is 7.94. The number of aryl methyl sites for hydroxylation is 1. The zero-order valence-corrected chi connectivity index (χ0v) is 13.7. The molecule has 0 aliphatic carbocycles. The van der Waals surface area contributed by atoms with Gasteiger partial charge in [-0.05, 0) is 45.1 Å². The van der Waals surface area contributed by atoms with Crippen molar-refractivity contribution in [2.24, 2.45) is 0 Å². The van der Waals surface area contributed by atoms with Crippen LogP contribution in [0.25, 0.3) is 11.0 Å². The molecule has 5 nitrogen and oxygen atoms in total. The summed E-state index contributed by atoms with van der Waals surface area (Å²) in [5.41, 5.74) is 2.58. The van der Waals surface area contributed by atoms with E-state index in [-0.39, 0.29) is 12.3 Å². The Morgan fingerprint density at radius 3 is 2.82 bits per heavy atom. The highest BCUT2D eigenvalue weighted by Gasteiger charge is 2.12. The van der Waals surface area contributed by atoms with Gasteiger partial charge in [-0.2, -0.15) is 0 Å². The maximum absolute atomic E-state index is 12.0. The molecular formula is C17H25N3O2. The average Bonchev–Trinajstić information content (AvgIpc) is 2.90. The molecule has 0 saturated heterocycles. The predicted octanol–water partition coefficient (Wildman–Crippen LogP) is 2.53. The fourth-order valence-electron chi connectivity index (χ4n) is 2.51. The molecule has 22 heavy (non-hydrogen) atoms. The van der Waals surface area contributed by atoms with E-state index in [2.05, 4.69) is 29.2 Å². The van der Waals surface area contributed by atoms with E-state index in [1.54, 1.807) is 0 Å². The van der Waals surface area contributed by atoms with Gasteiger partial charge in [0.15, 0.2) is 5.58 Å². The van der Waals surface area contributed by atoms with Crippen LogP contribution in [0.3, 0.4) is 0 Å². The van der Waals surface area contributed by atoms with E-state index < -0.39 is 0 Å². The third kappa shape index (κ3) is 4.31. The molecule has 5 heteroatoms. The largest absolute Gasteiger partial charge is 0.356 e. The Bertz CT molecular complexity index is 617. The van der Waals surface area contributed by atoms with Crippen LogP contribution in [-0.2, 0) is 11.2 Å². The standard InChI is InChI=1S/C17H25N3O2/c1-4-20(5-2)10-6-9-18-17(21)12-15-14-11-13(3)7-8-16(14)22-19-15/h7-8,11H,4-6,9-10,12H2,1-3H3,(H,18,21). The summed E-state index contributed by atoms with van der Waals surface area (Å²) < 4.78 is 5.25. The summed E-state index contributed by atoms with van der Waals surface area (Å²) in [7, 11) is 0. The second-order valence-corrected chi connectivity index (χ2v) is 5.54. The van der Waals surface area contributed by atoms with Gasteiger partial charge in [-0.1, -0.05) is 30.6 Å². The summed E-state index contributed by atoms with van der Waals surface area (Å²) >= 11 is 0. The molecule has 0 unspecified atom stereocenters. The van der Waals surface area contributed by atoms with Gasteiger partial charge in [0, 0.05) is 11.9 Å². The first-order valence-corrected chi connectivity index (χ1v) is 7.98. The molecule has 1 amide bonds. The van der Waals surface area contributed by atoms with E-state index in [1.807, 2.05) is 25.1 Å². The highest BCUT2D eigenvalue weighted by atomic mass is 16.5. The Balaban J connectivity index is 1.82. The maximum Gasteiger partial charge on any atom is 0.226 e. The summed E-state index contributed by atoms with van der Waals surface area (Å²) in [4.78, 5) is 14.4. The number of benzene rings is 1. The third-order valence-electron chi connectivity index (χ3n) is 3.90. The smallest absolute Gasteiger partial charge is 0.226 e. The number of rotatable bonds is 8. The van der Waals surface area contributed by atoms with E-state index in [9.17, 15) is 4.79 Å². The maximum atomic E-state index is 12.0. The number of aromatic nitrogens is 1. The first-order valence-electron chi connectivity index (χ1n) is 7.98. The Hall–Kier alpha value is -1.88. The van der Waals surface area contributed by atoms with Gasteiger partial charge in [-0.3, -0.25) is 4.79 Å². The summed E-state index contributed by atoms with van der Waals surface area (Å²) in [6, 6.07) is 5.88. The van der Waals surface area contributed by atoms with Crippen molar-refractivity contribution in [3.63, 3.8) is 0 Å². The molecule has 1 aromatic carbocycles. The molecular weight excluding hydrogens is 278 g/mol. The molecule has 1 N–H and O–H groups in total. The summed E-state index contributed by atoms with van der Waals surface area (Å²) in [5, 5.41) is 7.90. The molecule has 120 valence electrons. The zero-order chi connectivity index (χ0) is 15.9. The number of fused-ring (bicyclic) bond motifs is 1. The van der Waals surface area contributed by atoms with Crippen LogP contribution in [0.5, 0.6) is 0 Å². The molecule has 0 atom stereocenters. The zero-order valence-electron chi connectivity index (χ0n) is 13.7. The topological polar surface area (TPSA) is 58.4 Å². The first-order chi connectivity index (χ1) is 10.6. The monoisotopic (exact) mass is 303 g/mol. The number of nitrogens with one attached hydrogen (secondary N) is 1. The molecule has 0 radical (unpaired) electrons. The van der Waals surface area contributed by atoms with E-state index in [4.69, 9.17) is 4.52 Å². The molecule has 1 heterocycles. The van der Waals surface area contributed by atoms with Crippen molar-refractivity contribution < 1.29 is 9.32 Å². The minimum atomic E-state index is -0.00347. The molecule has 2 rings (SSSR count). The Labute approximate surface area is 131 Å². The minimum absolute atomic E-state index is 0.00347. The van der Waals surface area contributed by atoms with Crippen molar-refractivity contribution in [2.45, 2.75) is 33.6 Å². The van der Waals surface area contributed by atoms with E-state index >= 15 is 0 Å². The van der Waals surface area contributed by atoms with Gasteiger partial charge in [-0.15, -0.1) is 0 Å². The molecule has 0 saturated carbocycles. The summed E-state index contributed by atoms with van der Waals surface area (Å²) in [6.45, 7) is 10.1. The van der Waals surface area contributed by atoms with Gasteiger partial charge in [0.05, 0.1) is 6.42 Å². The molecule has 0 aliphatic rings. The second-order valence-electron chi connectivity index (χ2n) is 5.54. The number of amides is 1. The van der Waals surface area contributed by atoms with Crippen molar-refractivity contribution in [1.29, 1.82) is 0 Å². The Morgan fingerprint density at radius 2 is 2.09 bits per heavy atom. The molecule has 0 aliphatic heterocycles. The van der Waals surface area contributed by atoms with Gasteiger partial charge < -0.3 is 14.7 Å². The van der Waals surface area contributed by atoms with Crippen molar-refractivity contribution in [2.75, 3.05) is 26.2 Å². The lowest BCUT2D eigenvalue weighted by Gasteiger charge is -2.17. The van der Waals surface area contributed by atoms with Crippen LogP contribution in [0.4, 0.5) is 0 Å². The van der Waals surface area contributed by atoms with Crippen molar-refractivity contribution in [3.05, 3.63) is 29.5 Å². The van der Waals surface area contributed by atoms with Crippen LogP contribution >= 0.6 is 0 Å². The number of hydrogen-bond acceptors (Lipinski definition) is 4. The highest BCUT2D eigenvalue weighted by Crippen LogP contribution is 2.20. The van der Waals surface area contributed by atoms with Crippen LogP contribution in [0.1, 0.15) is 31.5 Å². The van der Waals surface area contributed by atoms with Crippen LogP contribution < -0.4 is 5.32 Å². The SMILES string of the molecule is CCN(CC)CCCNC(=O)Cc1noc2ccc(C)cc12. The van der Waals surface area contributed by atoms with Gasteiger partial charge in [0.25, 0.3) is 0 Å². The lowest BCUT2D eigenvalue weighted by molar-refractivity contribution is -0.120. The molecule has 1 aromatic heterocycles. The van der Waals surface area contributed by atoms with E-state index in [0.29, 0.717) is 12.2 Å². The van der Waals surface area contributed by atoms with Gasteiger partial charge in [-0.25, -0.2) is 0 Å². The quantitative estimate of drug-likeness (QED) is 0.761. The summed E-state index contributed by atoms with van der Waals surface area (Å²) in [5.74, 6) is -0.00347. The lowest BCUT2D eigenvalue weighted by atomic mass is 10.1. The fourth-order valence-corrected chi connectivity index (χ4v) is 2.51. The third-order valence-corrected chi connectivity index (χ3v) is 3.90. The molecule has 0 bridgehead atoms. The van der Waals surface area contributed by atoms with Crippen molar-refractivity contribution in [3.8, 4) is 0 Å². The lowest BCUT2D eigenvalue weighted by Crippen LogP contribution is -2.30. The van der Waals surface area contributed by atoms with E-state index in [0.717, 1.165) is 42.6 Å². The van der Waals surface area contributed by atoms with E-state index in [1.165, 1.54) is 0 Å². The van der Waals surface area contributed by atoms with Crippen LogP contribution in [0.15, 0.2) is 22.7 Å². The number of carbonyl (C=O) groups is 1. The predicted molar refractivity (Wildman–Crippen MR) is 87.9 cm³/mol. The normalized spacial score (nSPS) is 11.3. The first kappa shape index (κ1) is 16.5. The van der Waals surface area contributed by atoms with Crippen molar-refractivity contribution in [1.82, 2.24) is 15.4 Å². The number of carbonyl (C=O) groups excluding carboxylic acids is 1. The van der Waals surface area contributed by atoms with Gasteiger partial charge in [0.1, 0.15) is 5.69 Å². The molecule has 2 aromatic rings. The Morgan fingerprint density at radius 1 is 1.32 bits per heavy atom. The van der Waals surface area contributed by atoms with Crippen LogP contribution in [-0.4, -0.2) is 42.1 Å². The molecule has 0 spiro atoms. The van der Waals surface area contributed by atoms with Gasteiger partial charge in [0.2, 0.25) is 5.91 Å². The summed E-state index contributed by atoms with van der Waals surface area (Å²) in [6.07, 6.45) is 1.23. The molecule has 0 fully saturated rings. The van der Waals surface area contributed by atoms with Gasteiger partial charge >= 0.3 is 0 Å². The minimum Gasteiger partial charge on any atom is -0.356 e. The van der Waals surface area contributed by atoms with Crippen molar-refractivity contribution >= 4 is 16.9 Å². The highest BCUT2D eigenvalue weighted by molar-refractivity contribution is 5.86. The Kier molecular flexibility index (Phi) is 5.95. The number of nitrogens with zero attached hydrogens (tertiary/aromatic N) is 2.